The van der Waals surface area contributed by atoms with Gasteiger partial charge in [-0.3, -0.25) is 9.59 Å². The summed E-state index contributed by atoms with van der Waals surface area (Å²) in [7, 11) is 0. The maximum absolute atomic E-state index is 10.9. The molecule has 0 amide bonds. The molecule has 1 unspecified atom stereocenters. The average Bonchev–Trinajstić information content (AvgIpc) is 2.20. The zero-order valence-corrected chi connectivity index (χ0v) is 10.8. The molecule has 0 aromatic heterocycles. The van der Waals surface area contributed by atoms with E-state index >= 15 is 0 Å². The monoisotopic (exact) mass is 246 g/mol. The van der Waals surface area contributed by atoms with Crippen molar-refractivity contribution >= 4 is 23.7 Å². The van der Waals surface area contributed by atoms with Crippen molar-refractivity contribution in [2.24, 2.45) is 5.92 Å². The molecule has 0 saturated carbocycles. The predicted octanol–water partition coefficient (Wildman–Crippen LogP) is 3.28. The molecule has 16 heavy (non-hydrogen) atoms. The number of carbonyl (C=O) groups excluding carboxylic acids is 1. The van der Waals surface area contributed by atoms with Crippen LogP contribution in [0.1, 0.15) is 58.3 Å². The molecule has 0 aromatic rings. The van der Waals surface area contributed by atoms with Gasteiger partial charge >= 0.3 is 5.97 Å². The Morgan fingerprint density at radius 1 is 1.12 bits per heavy atom. The minimum Gasteiger partial charge on any atom is -0.481 e. The highest BCUT2D eigenvalue weighted by molar-refractivity contribution is 7.96. The van der Waals surface area contributed by atoms with Gasteiger partial charge in [-0.2, -0.15) is 0 Å². The van der Waals surface area contributed by atoms with Crippen molar-refractivity contribution in [3.63, 3.8) is 0 Å². The third-order valence-electron chi connectivity index (χ3n) is 2.70. The van der Waals surface area contributed by atoms with E-state index in [0.717, 1.165) is 25.7 Å². The maximum Gasteiger partial charge on any atom is 0.306 e. The molecule has 3 nitrogen and oxygen atoms in total. The summed E-state index contributed by atoms with van der Waals surface area (Å²) < 4.78 is 0. The van der Waals surface area contributed by atoms with Gasteiger partial charge in [0.05, 0.1) is 5.92 Å². The Bertz CT molecular complexity index is 216. The highest BCUT2D eigenvalue weighted by Crippen LogP contribution is 2.17. The second kappa shape index (κ2) is 9.70. The number of unbranched alkanes of at least 4 members (excludes halogenated alkanes) is 3. The van der Waals surface area contributed by atoms with Crippen molar-refractivity contribution in [3.05, 3.63) is 0 Å². The number of aliphatic carboxylic acids is 1. The van der Waals surface area contributed by atoms with Crippen LogP contribution >= 0.6 is 12.6 Å². The van der Waals surface area contributed by atoms with Gasteiger partial charge in [0.2, 0.25) is 0 Å². The smallest absolute Gasteiger partial charge is 0.306 e. The Morgan fingerprint density at radius 2 is 1.75 bits per heavy atom. The molecule has 94 valence electrons. The zero-order chi connectivity index (χ0) is 12.4. The Hall–Kier alpha value is -0.510. The molecule has 0 aliphatic rings. The lowest BCUT2D eigenvalue weighted by atomic mass is 9.95. The summed E-state index contributed by atoms with van der Waals surface area (Å²) in [6, 6.07) is 0. The van der Waals surface area contributed by atoms with E-state index in [0.29, 0.717) is 19.3 Å². The molecule has 0 bridgehead atoms. The van der Waals surface area contributed by atoms with Crippen LogP contribution in [0.25, 0.3) is 0 Å². The molecule has 0 aromatic carbocycles. The number of carbonyl (C=O) groups is 2. The Balaban J connectivity index is 3.71. The fourth-order valence-corrected chi connectivity index (χ4v) is 1.87. The summed E-state index contributed by atoms with van der Waals surface area (Å²) >= 11 is 3.66. The third kappa shape index (κ3) is 8.77. The maximum atomic E-state index is 10.9. The number of carboxylic acids is 1. The van der Waals surface area contributed by atoms with E-state index < -0.39 is 5.97 Å². The van der Waals surface area contributed by atoms with Crippen molar-refractivity contribution < 1.29 is 14.7 Å². The fourth-order valence-electron chi connectivity index (χ4n) is 1.71. The van der Waals surface area contributed by atoms with E-state index in [1.54, 1.807) is 0 Å². The molecule has 0 aliphatic heterocycles. The predicted molar refractivity (Wildman–Crippen MR) is 67.7 cm³/mol. The number of carboxylic acid groups (broad SMARTS) is 1. The molecule has 0 heterocycles. The fraction of sp³-hybridized carbons (Fsp3) is 0.833. The van der Waals surface area contributed by atoms with Gasteiger partial charge in [-0.1, -0.05) is 32.6 Å². The highest BCUT2D eigenvalue weighted by Gasteiger charge is 2.16. The second-order valence-corrected chi connectivity index (χ2v) is 4.67. The first kappa shape index (κ1) is 15.5. The highest BCUT2D eigenvalue weighted by atomic mass is 32.1. The molecule has 1 atom stereocenters. The van der Waals surface area contributed by atoms with Crippen LogP contribution in [0.15, 0.2) is 0 Å². The summed E-state index contributed by atoms with van der Waals surface area (Å²) in [4.78, 5) is 21.5. The third-order valence-corrected chi connectivity index (χ3v) is 2.92. The lowest BCUT2D eigenvalue weighted by molar-refractivity contribution is -0.142. The molecule has 0 rings (SSSR count). The molecular weight excluding hydrogens is 224 g/mol. The lowest BCUT2D eigenvalue weighted by Gasteiger charge is -2.11. The van der Waals surface area contributed by atoms with Crippen LogP contribution in [-0.4, -0.2) is 16.2 Å². The standard InChI is InChI=1S/C12H22O3S/c1-2-3-4-5-7-10(12(14)15)8-6-9-11(13)16/h10H,2-9H2,1H3,(H,13,16)(H,14,15). The van der Waals surface area contributed by atoms with Crippen molar-refractivity contribution in [1.82, 2.24) is 0 Å². The number of thiol groups is 1. The van der Waals surface area contributed by atoms with Crippen LogP contribution in [0.2, 0.25) is 0 Å². The molecule has 0 saturated heterocycles. The van der Waals surface area contributed by atoms with Crippen LogP contribution in [0.5, 0.6) is 0 Å². The van der Waals surface area contributed by atoms with E-state index in [1.165, 1.54) is 6.42 Å². The van der Waals surface area contributed by atoms with Crippen molar-refractivity contribution in [2.45, 2.75) is 58.3 Å². The molecule has 1 N–H and O–H groups in total. The zero-order valence-electron chi connectivity index (χ0n) is 9.95. The number of hydrogen-bond acceptors (Lipinski definition) is 2. The van der Waals surface area contributed by atoms with Gasteiger partial charge in [0.25, 0.3) is 0 Å². The van der Waals surface area contributed by atoms with Gasteiger partial charge in [-0.05, 0) is 19.3 Å². The number of hydrogen-bond donors (Lipinski definition) is 2. The Morgan fingerprint density at radius 3 is 2.25 bits per heavy atom. The van der Waals surface area contributed by atoms with E-state index in [2.05, 4.69) is 19.6 Å². The van der Waals surface area contributed by atoms with Gasteiger partial charge in [-0.25, -0.2) is 0 Å². The van der Waals surface area contributed by atoms with Crippen LogP contribution in [0, 0.1) is 5.92 Å². The van der Waals surface area contributed by atoms with E-state index in [4.69, 9.17) is 5.11 Å². The first-order valence-electron chi connectivity index (χ1n) is 6.02. The Kier molecular flexibility index (Phi) is 9.39. The summed E-state index contributed by atoms with van der Waals surface area (Å²) in [6.07, 6.45) is 6.73. The van der Waals surface area contributed by atoms with Gasteiger partial charge in [0.15, 0.2) is 5.12 Å². The van der Waals surface area contributed by atoms with Crippen molar-refractivity contribution in [1.29, 1.82) is 0 Å². The Labute approximate surface area is 103 Å². The summed E-state index contributed by atoms with van der Waals surface area (Å²) in [6.45, 7) is 2.13. The summed E-state index contributed by atoms with van der Waals surface area (Å²) in [5.74, 6) is -1.02. The van der Waals surface area contributed by atoms with Crippen LogP contribution < -0.4 is 0 Å². The van der Waals surface area contributed by atoms with Crippen molar-refractivity contribution in [3.8, 4) is 0 Å². The normalized spacial score (nSPS) is 12.4. The van der Waals surface area contributed by atoms with Crippen LogP contribution in [0.3, 0.4) is 0 Å². The van der Waals surface area contributed by atoms with Crippen LogP contribution in [-0.2, 0) is 9.59 Å². The molecule has 0 radical (unpaired) electrons. The lowest BCUT2D eigenvalue weighted by Crippen LogP contribution is -2.13. The molecule has 0 fully saturated rings. The van der Waals surface area contributed by atoms with Crippen molar-refractivity contribution in [2.75, 3.05) is 0 Å². The topological polar surface area (TPSA) is 54.4 Å². The van der Waals surface area contributed by atoms with E-state index in [1.807, 2.05) is 0 Å². The first-order chi connectivity index (χ1) is 7.57. The summed E-state index contributed by atoms with van der Waals surface area (Å²) in [5.41, 5.74) is 0. The van der Waals surface area contributed by atoms with Gasteiger partial charge in [-0.15, -0.1) is 12.6 Å². The van der Waals surface area contributed by atoms with Gasteiger partial charge < -0.3 is 5.11 Å². The largest absolute Gasteiger partial charge is 0.481 e. The minimum atomic E-state index is -0.733. The van der Waals surface area contributed by atoms with Gasteiger partial charge in [0.1, 0.15) is 0 Å². The molecule has 0 spiro atoms. The van der Waals surface area contributed by atoms with E-state index in [9.17, 15) is 9.59 Å². The molecular formula is C12H22O3S. The average molecular weight is 246 g/mol. The SMILES string of the molecule is CCCCCCC(CCCC(=O)S)C(=O)O. The van der Waals surface area contributed by atoms with Crippen LogP contribution in [0.4, 0.5) is 0 Å². The van der Waals surface area contributed by atoms with E-state index in [-0.39, 0.29) is 11.0 Å². The summed E-state index contributed by atoms with van der Waals surface area (Å²) in [5, 5.41) is 8.83. The first-order valence-corrected chi connectivity index (χ1v) is 6.47. The molecule has 0 aliphatic carbocycles. The number of rotatable bonds is 10. The quantitative estimate of drug-likeness (QED) is 0.459. The molecule has 4 heteroatoms. The minimum absolute atomic E-state index is 0.157. The second-order valence-electron chi connectivity index (χ2n) is 4.17. The van der Waals surface area contributed by atoms with Gasteiger partial charge in [0, 0.05) is 6.42 Å².